The molecule has 2 N–H and O–H groups in total. The van der Waals surface area contributed by atoms with Crippen molar-refractivity contribution in [2.45, 2.75) is 39.2 Å². The predicted octanol–water partition coefficient (Wildman–Crippen LogP) is 3.57. The third kappa shape index (κ3) is 4.61. The summed E-state index contributed by atoms with van der Waals surface area (Å²) < 4.78 is 25.3. The van der Waals surface area contributed by atoms with Crippen molar-refractivity contribution in [1.82, 2.24) is 0 Å². The van der Waals surface area contributed by atoms with Crippen LogP contribution in [0.3, 0.4) is 0 Å². The van der Waals surface area contributed by atoms with E-state index in [-0.39, 0.29) is 11.7 Å². The summed E-state index contributed by atoms with van der Waals surface area (Å²) in [7, 11) is -1.23. The van der Waals surface area contributed by atoms with Gasteiger partial charge in [0.1, 0.15) is 16.6 Å². The molecule has 0 radical (unpaired) electrons. The molecule has 1 heterocycles. The number of hydrogen-bond acceptors (Lipinski definition) is 3. The molecular formula is C15H21ClFN3OS. The third-order valence-electron chi connectivity index (χ3n) is 3.08. The van der Waals surface area contributed by atoms with E-state index >= 15 is 0 Å². The quantitative estimate of drug-likeness (QED) is 0.627. The first-order valence-electron chi connectivity index (χ1n) is 7.10. The van der Waals surface area contributed by atoms with E-state index in [4.69, 9.17) is 17.3 Å². The van der Waals surface area contributed by atoms with Crippen molar-refractivity contribution >= 4 is 33.9 Å². The molecule has 1 aliphatic heterocycles. The lowest BCUT2D eigenvalue weighted by molar-refractivity contribution is 0.550. The van der Waals surface area contributed by atoms with Gasteiger partial charge in [-0.05, 0) is 25.5 Å². The van der Waals surface area contributed by atoms with Crippen LogP contribution in [0.25, 0.3) is 0 Å². The van der Waals surface area contributed by atoms with Gasteiger partial charge in [-0.3, -0.25) is 9.20 Å². The highest BCUT2D eigenvalue weighted by atomic mass is 35.5. The maximum absolute atomic E-state index is 13.3. The van der Waals surface area contributed by atoms with Gasteiger partial charge in [0.05, 0.1) is 27.7 Å². The van der Waals surface area contributed by atoms with E-state index in [0.29, 0.717) is 29.2 Å². The van der Waals surface area contributed by atoms with Crippen molar-refractivity contribution in [3.8, 4) is 0 Å². The second kappa shape index (κ2) is 8.39. The summed E-state index contributed by atoms with van der Waals surface area (Å²) in [6.45, 7) is 5.77. The van der Waals surface area contributed by atoms with E-state index in [1.807, 2.05) is 13.8 Å². The molecular weight excluding hydrogens is 325 g/mol. The fourth-order valence-electron chi connectivity index (χ4n) is 2.20. The molecule has 7 heteroatoms. The van der Waals surface area contributed by atoms with Crippen molar-refractivity contribution in [3.63, 3.8) is 0 Å². The summed E-state index contributed by atoms with van der Waals surface area (Å²) >= 11 is 5.46. The molecule has 0 saturated heterocycles. The highest BCUT2D eigenvalue weighted by Gasteiger charge is 2.28. The Morgan fingerprint density at radius 2 is 2.23 bits per heavy atom. The van der Waals surface area contributed by atoms with Crippen LogP contribution in [-0.4, -0.2) is 27.0 Å². The van der Waals surface area contributed by atoms with Crippen molar-refractivity contribution in [1.29, 1.82) is 0 Å². The maximum atomic E-state index is 13.3. The minimum atomic E-state index is -1.23. The molecule has 22 heavy (non-hydrogen) atoms. The smallest absolute Gasteiger partial charge is 0.137 e. The Balaban J connectivity index is 0.00000116. The fraction of sp³-hybridized carbons (Fsp3) is 0.467. The average Bonchev–Trinajstić information content (AvgIpc) is 2.82. The molecule has 0 saturated carbocycles. The molecule has 2 atom stereocenters. The molecule has 0 amide bonds. The zero-order valence-electron chi connectivity index (χ0n) is 13.0. The SMILES string of the molecule is CC.C[C@]1(N=C(N)C2=C(N=CCl)CCS2=O)C=C(F)C=CC1. The summed E-state index contributed by atoms with van der Waals surface area (Å²) in [6, 6.07) is 0. The number of nitrogens with zero attached hydrogens (tertiary/aromatic N) is 2. The third-order valence-corrected chi connectivity index (χ3v) is 4.66. The van der Waals surface area contributed by atoms with E-state index in [9.17, 15) is 8.60 Å². The average molecular weight is 346 g/mol. The number of rotatable bonds is 3. The molecule has 0 aromatic heterocycles. The zero-order valence-corrected chi connectivity index (χ0v) is 14.5. The van der Waals surface area contributed by atoms with E-state index < -0.39 is 16.3 Å². The van der Waals surface area contributed by atoms with Gasteiger partial charge in [-0.2, -0.15) is 0 Å². The van der Waals surface area contributed by atoms with E-state index in [2.05, 4.69) is 9.98 Å². The molecule has 1 aliphatic carbocycles. The Bertz CT molecular complexity index is 596. The van der Waals surface area contributed by atoms with Crippen LogP contribution in [-0.2, 0) is 10.8 Å². The van der Waals surface area contributed by atoms with Gasteiger partial charge in [-0.1, -0.05) is 31.5 Å². The summed E-state index contributed by atoms with van der Waals surface area (Å²) in [5.41, 5.74) is 6.90. The molecule has 122 valence electrons. The van der Waals surface area contributed by atoms with Gasteiger partial charge >= 0.3 is 0 Å². The first-order chi connectivity index (χ1) is 10.4. The normalized spacial score (nSPS) is 28.7. The standard InChI is InChI=1S/C13H15ClFN3OS.C2H6/c1-13(5-2-3-9(15)7-13)18-12(16)11-10(17-8-14)4-6-20(11)19;1-2/h2-3,7-8H,4-6H2,1H3,(H2,16,18);1-2H3/t13-,20?;/m1./s1. The lowest BCUT2D eigenvalue weighted by atomic mass is 9.94. The van der Waals surface area contributed by atoms with Gasteiger partial charge in [0.25, 0.3) is 0 Å². The topological polar surface area (TPSA) is 67.8 Å². The van der Waals surface area contributed by atoms with Gasteiger partial charge in [0, 0.05) is 12.2 Å². The minimum absolute atomic E-state index is 0.139. The molecule has 0 bridgehead atoms. The van der Waals surface area contributed by atoms with Crippen molar-refractivity contribution < 1.29 is 8.60 Å². The molecule has 0 aromatic rings. The lowest BCUT2D eigenvalue weighted by Crippen LogP contribution is -2.27. The van der Waals surface area contributed by atoms with Crippen LogP contribution in [0, 0.1) is 0 Å². The van der Waals surface area contributed by atoms with Crippen LogP contribution >= 0.6 is 11.6 Å². The Hall–Kier alpha value is -1.27. The monoisotopic (exact) mass is 345 g/mol. The Morgan fingerprint density at radius 1 is 1.55 bits per heavy atom. The summed E-state index contributed by atoms with van der Waals surface area (Å²) in [4.78, 5) is 8.72. The van der Waals surface area contributed by atoms with Crippen LogP contribution in [0.15, 0.2) is 44.6 Å². The van der Waals surface area contributed by atoms with Crippen molar-refractivity contribution in [2.24, 2.45) is 15.7 Å². The Morgan fingerprint density at radius 3 is 2.82 bits per heavy atom. The highest BCUT2D eigenvalue weighted by Crippen LogP contribution is 2.29. The van der Waals surface area contributed by atoms with Crippen LogP contribution in [0.4, 0.5) is 4.39 Å². The number of amidine groups is 1. The molecule has 2 aliphatic rings. The number of hydrogen-bond donors (Lipinski definition) is 1. The molecule has 0 spiro atoms. The highest BCUT2D eigenvalue weighted by molar-refractivity contribution is 7.90. The second-order valence-corrected chi connectivity index (χ2v) is 6.49. The first kappa shape index (κ1) is 18.8. The molecule has 0 aromatic carbocycles. The van der Waals surface area contributed by atoms with Crippen LogP contribution in [0.2, 0.25) is 0 Å². The lowest BCUT2D eigenvalue weighted by Gasteiger charge is -2.23. The summed E-state index contributed by atoms with van der Waals surface area (Å²) in [5.74, 6) is 0.242. The molecule has 0 fully saturated rings. The maximum Gasteiger partial charge on any atom is 0.137 e. The number of aliphatic imine (C=N–C) groups is 2. The second-order valence-electron chi connectivity index (χ2n) is 4.79. The molecule has 2 rings (SSSR count). The number of nitrogens with two attached hydrogens (primary N) is 1. The predicted molar refractivity (Wildman–Crippen MR) is 93.3 cm³/mol. The van der Waals surface area contributed by atoms with Crippen molar-refractivity contribution in [2.75, 3.05) is 5.75 Å². The summed E-state index contributed by atoms with van der Waals surface area (Å²) in [5, 5.41) is 0. The molecule has 1 unspecified atom stereocenters. The van der Waals surface area contributed by atoms with E-state index in [0.717, 1.165) is 5.67 Å². The van der Waals surface area contributed by atoms with Crippen LogP contribution in [0.1, 0.15) is 33.6 Å². The largest absolute Gasteiger partial charge is 0.383 e. The van der Waals surface area contributed by atoms with Crippen LogP contribution < -0.4 is 5.73 Å². The Labute approximate surface area is 138 Å². The van der Waals surface area contributed by atoms with Gasteiger partial charge in [-0.25, -0.2) is 9.38 Å². The number of allylic oxidation sites excluding steroid dienone is 3. The first-order valence-corrected chi connectivity index (χ1v) is 8.85. The van der Waals surface area contributed by atoms with Crippen LogP contribution in [0.5, 0.6) is 0 Å². The van der Waals surface area contributed by atoms with Gasteiger partial charge in [-0.15, -0.1) is 0 Å². The summed E-state index contributed by atoms with van der Waals surface area (Å²) in [6.07, 6.45) is 5.58. The van der Waals surface area contributed by atoms with Gasteiger partial charge in [0.15, 0.2) is 0 Å². The molecule has 4 nitrogen and oxygen atoms in total. The minimum Gasteiger partial charge on any atom is -0.383 e. The van der Waals surface area contributed by atoms with E-state index in [1.54, 1.807) is 13.0 Å². The van der Waals surface area contributed by atoms with E-state index in [1.165, 1.54) is 12.2 Å². The van der Waals surface area contributed by atoms with Gasteiger partial charge < -0.3 is 5.73 Å². The van der Waals surface area contributed by atoms with Crippen molar-refractivity contribution in [3.05, 3.63) is 34.7 Å². The zero-order chi connectivity index (χ0) is 16.8. The fourth-order valence-corrected chi connectivity index (χ4v) is 3.60. The number of halogens is 2. The van der Waals surface area contributed by atoms with Gasteiger partial charge in [0.2, 0.25) is 0 Å². The Kier molecular flexibility index (Phi) is 7.16.